The molecular formula is C25H24ClN3O3S2. The van der Waals surface area contributed by atoms with Gasteiger partial charge in [-0.3, -0.25) is 4.79 Å². The first kappa shape index (κ1) is 24.2. The topological polar surface area (TPSA) is 94.3 Å². The largest absolute Gasteiger partial charge is 0.459 e. The molecule has 0 unspecified atom stereocenters. The van der Waals surface area contributed by atoms with Gasteiger partial charge >= 0.3 is 5.97 Å². The van der Waals surface area contributed by atoms with E-state index in [9.17, 15) is 9.59 Å². The number of carbonyl (C=O) groups excluding carboxylic acids is 2. The van der Waals surface area contributed by atoms with E-state index in [2.05, 4.69) is 17.2 Å². The van der Waals surface area contributed by atoms with E-state index in [1.165, 1.54) is 22.7 Å². The number of aryl methyl sites for hydroxylation is 1. The Balaban J connectivity index is 1.70. The highest BCUT2D eigenvalue weighted by molar-refractivity contribution is 7.21. The SMILES string of the molecule is CCCc1ccc2c(N)c(C(=O)Nc3scc(-c4ccc(Cl)cc4)c3C(=O)OC(C)C)sc2n1. The number of amides is 1. The van der Waals surface area contributed by atoms with Gasteiger partial charge in [0.2, 0.25) is 0 Å². The molecule has 4 aromatic rings. The molecule has 0 aliphatic rings. The molecule has 34 heavy (non-hydrogen) atoms. The zero-order valence-corrected chi connectivity index (χ0v) is 21.4. The molecule has 3 heterocycles. The van der Waals surface area contributed by atoms with E-state index in [4.69, 9.17) is 22.1 Å². The first-order valence-electron chi connectivity index (χ1n) is 10.9. The van der Waals surface area contributed by atoms with Gasteiger partial charge in [-0.2, -0.15) is 0 Å². The van der Waals surface area contributed by atoms with Crippen LogP contribution in [-0.4, -0.2) is 23.0 Å². The highest BCUT2D eigenvalue weighted by Crippen LogP contribution is 2.38. The van der Waals surface area contributed by atoms with Crippen molar-refractivity contribution < 1.29 is 14.3 Å². The lowest BCUT2D eigenvalue weighted by Crippen LogP contribution is -2.16. The number of nitrogens with zero attached hydrogens (tertiary/aromatic N) is 1. The number of esters is 1. The molecule has 0 radical (unpaired) electrons. The third kappa shape index (κ3) is 4.94. The summed E-state index contributed by atoms with van der Waals surface area (Å²) in [5.74, 6) is -0.896. The Labute approximate surface area is 210 Å². The predicted octanol–water partition coefficient (Wildman–Crippen LogP) is 7.03. The normalized spacial score (nSPS) is 11.2. The standard InChI is InChI=1S/C25H24ClN3O3S2/c1-4-5-16-10-11-17-20(27)21(34-23(17)28-16)22(30)29-24-19(25(31)32-13(2)3)18(12-33-24)14-6-8-15(26)9-7-14/h6-13H,4-5,27H2,1-3H3,(H,29,30). The molecule has 0 saturated heterocycles. The Hall–Kier alpha value is -2.94. The molecule has 176 valence electrons. The quantitative estimate of drug-likeness (QED) is 0.259. The van der Waals surface area contributed by atoms with Crippen LogP contribution in [0.4, 0.5) is 10.7 Å². The first-order valence-corrected chi connectivity index (χ1v) is 12.9. The van der Waals surface area contributed by atoms with Crippen LogP contribution in [-0.2, 0) is 11.2 Å². The van der Waals surface area contributed by atoms with Gasteiger partial charge in [0.25, 0.3) is 5.91 Å². The van der Waals surface area contributed by atoms with Crippen LogP contribution in [0.1, 0.15) is 52.9 Å². The molecule has 1 aromatic carbocycles. The summed E-state index contributed by atoms with van der Waals surface area (Å²) in [4.78, 5) is 32.0. The lowest BCUT2D eigenvalue weighted by Gasteiger charge is -2.11. The molecule has 3 N–H and O–H groups in total. The van der Waals surface area contributed by atoms with Gasteiger partial charge in [0.1, 0.15) is 20.3 Å². The summed E-state index contributed by atoms with van der Waals surface area (Å²) in [6.45, 7) is 5.65. The average Bonchev–Trinajstić information content (AvgIpc) is 3.35. The van der Waals surface area contributed by atoms with Gasteiger partial charge in [-0.1, -0.05) is 37.1 Å². The van der Waals surface area contributed by atoms with Crippen LogP contribution in [0.5, 0.6) is 0 Å². The maximum absolute atomic E-state index is 13.2. The summed E-state index contributed by atoms with van der Waals surface area (Å²) in [6.07, 6.45) is 1.53. The fourth-order valence-electron chi connectivity index (χ4n) is 3.53. The summed E-state index contributed by atoms with van der Waals surface area (Å²) in [5.41, 5.74) is 9.41. The number of nitrogens with two attached hydrogens (primary N) is 1. The minimum atomic E-state index is -0.508. The Morgan fingerprint density at radius 2 is 1.91 bits per heavy atom. The van der Waals surface area contributed by atoms with Crippen LogP contribution in [0.3, 0.4) is 0 Å². The highest BCUT2D eigenvalue weighted by atomic mass is 35.5. The van der Waals surface area contributed by atoms with Gasteiger partial charge in [0, 0.05) is 27.0 Å². The van der Waals surface area contributed by atoms with Crippen LogP contribution >= 0.6 is 34.3 Å². The van der Waals surface area contributed by atoms with E-state index in [0.29, 0.717) is 31.7 Å². The van der Waals surface area contributed by atoms with Gasteiger partial charge in [-0.25, -0.2) is 9.78 Å². The maximum atomic E-state index is 13.2. The van der Waals surface area contributed by atoms with E-state index in [0.717, 1.165) is 34.3 Å². The molecule has 0 saturated carbocycles. The number of nitrogens with one attached hydrogen (secondary N) is 1. The van der Waals surface area contributed by atoms with E-state index >= 15 is 0 Å². The molecule has 0 atom stereocenters. The molecule has 1 amide bonds. The van der Waals surface area contributed by atoms with Crippen molar-refractivity contribution >= 4 is 67.1 Å². The number of hydrogen-bond donors (Lipinski definition) is 2. The van der Waals surface area contributed by atoms with Gasteiger partial charge in [-0.05, 0) is 50.1 Å². The molecule has 0 aliphatic carbocycles. The third-order valence-electron chi connectivity index (χ3n) is 5.08. The number of thiophene rings is 2. The van der Waals surface area contributed by atoms with Crippen molar-refractivity contribution in [3.8, 4) is 11.1 Å². The number of rotatable bonds is 7. The number of anilines is 2. The minimum Gasteiger partial charge on any atom is -0.459 e. The number of ether oxygens (including phenoxy) is 1. The number of benzene rings is 1. The summed E-state index contributed by atoms with van der Waals surface area (Å²) < 4.78 is 5.47. The molecule has 0 fully saturated rings. The second kappa shape index (κ2) is 10.1. The highest BCUT2D eigenvalue weighted by Gasteiger charge is 2.26. The van der Waals surface area contributed by atoms with Crippen molar-refractivity contribution in [3.63, 3.8) is 0 Å². The third-order valence-corrected chi connectivity index (χ3v) is 7.35. The number of carbonyl (C=O) groups is 2. The van der Waals surface area contributed by atoms with Crippen molar-refractivity contribution in [1.29, 1.82) is 0 Å². The number of halogens is 1. The Bertz CT molecular complexity index is 1360. The number of nitrogen functional groups attached to an aromatic ring is 1. The Morgan fingerprint density at radius 1 is 1.18 bits per heavy atom. The summed E-state index contributed by atoms with van der Waals surface area (Å²) in [6, 6.07) is 11.0. The molecular weight excluding hydrogens is 490 g/mol. The van der Waals surface area contributed by atoms with E-state index < -0.39 is 5.97 Å². The van der Waals surface area contributed by atoms with Gasteiger partial charge in [-0.15, -0.1) is 22.7 Å². The molecule has 0 aliphatic heterocycles. The number of aromatic nitrogens is 1. The second-order valence-electron chi connectivity index (χ2n) is 8.02. The van der Waals surface area contributed by atoms with Crippen LogP contribution in [0.2, 0.25) is 5.02 Å². The zero-order valence-electron chi connectivity index (χ0n) is 19.0. The van der Waals surface area contributed by atoms with Crippen molar-refractivity contribution in [2.75, 3.05) is 11.1 Å². The monoisotopic (exact) mass is 513 g/mol. The zero-order chi connectivity index (χ0) is 24.4. The van der Waals surface area contributed by atoms with Gasteiger partial charge in [0.05, 0.1) is 11.8 Å². The molecule has 6 nitrogen and oxygen atoms in total. The van der Waals surface area contributed by atoms with Crippen LogP contribution in [0.15, 0.2) is 41.8 Å². The molecule has 4 rings (SSSR count). The first-order chi connectivity index (χ1) is 16.3. The van der Waals surface area contributed by atoms with Crippen molar-refractivity contribution in [3.05, 3.63) is 62.9 Å². The number of pyridine rings is 1. The lowest BCUT2D eigenvalue weighted by atomic mass is 10.0. The summed E-state index contributed by atoms with van der Waals surface area (Å²) in [5, 5.41) is 6.45. The minimum absolute atomic E-state index is 0.303. The number of fused-ring (bicyclic) bond motifs is 1. The summed E-state index contributed by atoms with van der Waals surface area (Å²) >= 11 is 8.53. The van der Waals surface area contributed by atoms with Crippen LogP contribution in [0.25, 0.3) is 21.3 Å². The molecule has 3 aromatic heterocycles. The van der Waals surface area contributed by atoms with E-state index in [1.807, 2.05) is 29.6 Å². The lowest BCUT2D eigenvalue weighted by molar-refractivity contribution is 0.0380. The Kier molecular flexibility index (Phi) is 7.21. The molecule has 0 spiro atoms. The summed E-state index contributed by atoms with van der Waals surface area (Å²) in [7, 11) is 0. The van der Waals surface area contributed by atoms with E-state index in [1.54, 1.807) is 26.0 Å². The Morgan fingerprint density at radius 3 is 2.59 bits per heavy atom. The van der Waals surface area contributed by atoms with Crippen molar-refractivity contribution in [2.24, 2.45) is 0 Å². The second-order valence-corrected chi connectivity index (χ2v) is 10.3. The molecule has 9 heteroatoms. The van der Waals surface area contributed by atoms with Crippen molar-refractivity contribution in [2.45, 2.75) is 39.7 Å². The van der Waals surface area contributed by atoms with Gasteiger partial charge < -0.3 is 15.8 Å². The van der Waals surface area contributed by atoms with Crippen LogP contribution < -0.4 is 11.1 Å². The maximum Gasteiger partial charge on any atom is 0.342 e. The van der Waals surface area contributed by atoms with Crippen molar-refractivity contribution in [1.82, 2.24) is 4.98 Å². The fourth-order valence-corrected chi connectivity index (χ4v) is 5.61. The van der Waals surface area contributed by atoms with Crippen LogP contribution in [0, 0.1) is 0 Å². The van der Waals surface area contributed by atoms with E-state index in [-0.39, 0.29) is 12.0 Å². The smallest absolute Gasteiger partial charge is 0.342 e. The molecule has 0 bridgehead atoms. The predicted molar refractivity (Wildman–Crippen MR) is 141 cm³/mol. The average molecular weight is 514 g/mol. The fraction of sp³-hybridized carbons (Fsp3) is 0.240. The number of hydrogen-bond acceptors (Lipinski definition) is 7. The van der Waals surface area contributed by atoms with Gasteiger partial charge in [0.15, 0.2) is 0 Å².